The van der Waals surface area contributed by atoms with Gasteiger partial charge in [-0.05, 0) is 43.4 Å². The highest BCUT2D eigenvalue weighted by Crippen LogP contribution is 2.23. The Morgan fingerprint density at radius 3 is 2.70 bits per heavy atom. The molecular formula is C19H29ClIN5O. The van der Waals surface area contributed by atoms with Gasteiger partial charge in [0.2, 0.25) is 5.89 Å². The molecule has 27 heavy (non-hydrogen) atoms. The summed E-state index contributed by atoms with van der Waals surface area (Å²) in [6.45, 7) is 10.5. The molecule has 0 saturated carbocycles. The number of aryl methyl sites for hydroxylation is 1. The summed E-state index contributed by atoms with van der Waals surface area (Å²) in [6.07, 6.45) is 1.58. The monoisotopic (exact) mass is 505 g/mol. The highest BCUT2D eigenvalue weighted by atomic mass is 127. The normalized spacial score (nSPS) is 11.8. The highest BCUT2D eigenvalue weighted by molar-refractivity contribution is 14.0. The van der Waals surface area contributed by atoms with Crippen molar-refractivity contribution in [3.05, 3.63) is 46.6 Å². The molecule has 0 unspecified atom stereocenters. The minimum atomic E-state index is 0. The Kier molecular flexibility index (Phi) is 10.1. The van der Waals surface area contributed by atoms with Crippen LogP contribution in [-0.2, 0) is 12.8 Å². The summed E-state index contributed by atoms with van der Waals surface area (Å²) in [6, 6.07) is 8.01. The zero-order chi connectivity index (χ0) is 19.0. The Bertz CT molecular complexity index is 732. The Balaban J connectivity index is 0.00000364. The van der Waals surface area contributed by atoms with Crippen molar-refractivity contribution in [2.45, 2.75) is 40.5 Å². The van der Waals surface area contributed by atoms with E-state index in [0.717, 1.165) is 23.9 Å². The van der Waals surface area contributed by atoms with Gasteiger partial charge in [-0.1, -0.05) is 42.7 Å². The van der Waals surface area contributed by atoms with E-state index in [1.165, 1.54) is 5.56 Å². The standard InChI is InChI=1S/C19H28ClN5O.HI/c1-5-21-18(22-10-9-17-24-14(2)25-26-17)23-13-19(3,4)12-15-7-6-8-16(20)11-15;/h6-8,11H,5,9-10,12-13H2,1-4H3,(H2,21,22,23);1H. The topological polar surface area (TPSA) is 75.3 Å². The molecule has 0 atom stereocenters. The van der Waals surface area contributed by atoms with Crippen molar-refractivity contribution in [1.29, 1.82) is 0 Å². The summed E-state index contributed by atoms with van der Waals surface area (Å²) in [5.41, 5.74) is 1.25. The Morgan fingerprint density at radius 2 is 2.07 bits per heavy atom. The van der Waals surface area contributed by atoms with Gasteiger partial charge in [-0.25, -0.2) is 0 Å². The third-order valence-corrected chi connectivity index (χ3v) is 4.02. The van der Waals surface area contributed by atoms with Crippen molar-refractivity contribution < 1.29 is 4.52 Å². The average molecular weight is 506 g/mol. The third kappa shape index (κ3) is 8.92. The van der Waals surface area contributed by atoms with Gasteiger partial charge in [0.25, 0.3) is 0 Å². The number of rotatable bonds is 8. The quantitative estimate of drug-likeness (QED) is 0.322. The van der Waals surface area contributed by atoms with Crippen LogP contribution in [0.2, 0.25) is 5.02 Å². The van der Waals surface area contributed by atoms with Crippen molar-refractivity contribution >= 4 is 41.5 Å². The van der Waals surface area contributed by atoms with Crippen LogP contribution < -0.4 is 10.6 Å². The lowest BCUT2D eigenvalue weighted by Crippen LogP contribution is -2.39. The van der Waals surface area contributed by atoms with E-state index in [4.69, 9.17) is 21.1 Å². The van der Waals surface area contributed by atoms with Crippen molar-refractivity contribution in [2.75, 3.05) is 19.6 Å². The fraction of sp³-hybridized carbons (Fsp3) is 0.526. The van der Waals surface area contributed by atoms with E-state index >= 15 is 0 Å². The molecule has 0 saturated heterocycles. The van der Waals surface area contributed by atoms with Crippen molar-refractivity contribution in [1.82, 2.24) is 20.8 Å². The van der Waals surface area contributed by atoms with E-state index in [1.807, 2.05) is 25.1 Å². The molecule has 0 aliphatic rings. The predicted octanol–water partition coefficient (Wildman–Crippen LogP) is 4.02. The first-order chi connectivity index (χ1) is 12.4. The van der Waals surface area contributed by atoms with E-state index in [-0.39, 0.29) is 29.4 Å². The largest absolute Gasteiger partial charge is 0.357 e. The molecule has 0 aliphatic carbocycles. The summed E-state index contributed by atoms with van der Waals surface area (Å²) in [5.74, 6) is 2.08. The fourth-order valence-electron chi connectivity index (χ4n) is 2.62. The maximum absolute atomic E-state index is 6.09. The van der Waals surface area contributed by atoms with Gasteiger partial charge >= 0.3 is 0 Å². The van der Waals surface area contributed by atoms with Gasteiger partial charge in [-0.15, -0.1) is 24.0 Å². The number of hydrogen-bond acceptors (Lipinski definition) is 4. The average Bonchev–Trinajstić information content (AvgIpc) is 2.97. The zero-order valence-electron chi connectivity index (χ0n) is 16.4. The lowest BCUT2D eigenvalue weighted by molar-refractivity contribution is 0.373. The smallest absolute Gasteiger partial charge is 0.228 e. The van der Waals surface area contributed by atoms with Crippen LogP contribution in [0.4, 0.5) is 0 Å². The third-order valence-electron chi connectivity index (χ3n) is 3.78. The van der Waals surface area contributed by atoms with Crippen LogP contribution in [-0.4, -0.2) is 35.7 Å². The van der Waals surface area contributed by atoms with Gasteiger partial charge < -0.3 is 15.2 Å². The summed E-state index contributed by atoms with van der Waals surface area (Å²) in [7, 11) is 0. The van der Waals surface area contributed by atoms with E-state index in [0.29, 0.717) is 31.2 Å². The summed E-state index contributed by atoms with van der Waals surface area (Å²) in [5, 5.41) is 11.2. The maximum atomic E-state index is 6.09. The summed E-state index contributed by atoms with van der Waals surface area (Å²) in [4.78, 5) is 8.94. The second-order valence-corrected chi connectivity index (χ2v) is 7.51. The van der Waals surface area contributed by atoms with Crippen molar-refractivity contribution in [2.24, 2.45) is 10.4 Å². The number of aliphatic imine (C=N–C) groups is 1. The number of nitrogens with zero attached hydrogens (tertiary/aromatic N) is 3. The molecule has 2 N–H and O–H groups in total. The van der Waals surface area contributed by atoms with Crippen LogP contribution in [0.3, 0.4) is 0 Å². The van der Waals surface area contributed by atoms with Gasteiger partial charge in [0.05, 0.1) is 0 Å². The first kappa shape index (κ1) is 23.7. The van der Waals surface area contributed by atoms with Crippen LogP contribution in [0.1, 0.15) is 38.0 Å². The molecule has 1 heterocycles. The molecule has 2 rings (SSSR count). The number of hydrogen-bond donors (Lipinski definition) is 2. The van der Waals surface area contributed by atoms with Gasteiger partial charge in [0.1, 0.15) is 0 Å². The maximum Gasteiger partial charge on any atom is 0.228 e. The van der Waals surface area contributed by atoms with Crippen LogP contribution in [0.25, 0.3) is 0 Å². The highest BCUT2D eigenvalue weighted by Gasteiger charge is 2.18. The Labute approximate surface area is 183 Å². The zero-order valence-corrected chi connectivity index (χ0v) is 19.5. The SMILES string of the molecule is CCNC(=NCC(C)(C)Cc1cccc(Cl)c1)NCCc1nc(C)no1.I. The number of nitrogens with one attached hydrogen (secondary N) is 2. The van der Waals surface area contributed by atoms with Gasteiger partial charge in [0.15, 0.2) is 11.8 Å². The molecule has 0 aliphatic heterocycles. The molecule has 150 valence electrons. The molecule has 8 heteroatoms. The molecule has 1 aromatic heterocycles. The van der Waals surface area contributed by atoms with E-state index < -0.39 is 0 Å². The van der Waals surface area contributed by atoms with Crippen LogP contribution in [0.15, 0.2) is 33.8 Å². The number of halogens is 2. The van der Waals surface area contributed by atoms with Crippen molar-refractivity contribution in [3.63, 3.8) is 0 Å². The van der Waals surface area contributed by atoms with Crippen LogP contribution >= 0.6 is 35.6 Å². The van der Waals surface area contributed by atoms with Crippen molar-refractivity contribution in [3.8, 4) is 0 Å². The minimum Gasteiger partial charge on any atom is -0.357 e. The molecule has 0 radical (unpaired) electrons. The molecule has 2 aromatic rings. The first-order valence-corrected chi connectivity index (χ1v) is 9.31. The molecule has 6 nitrogen and oxygen atoms in total. The molecule has 0 bridgehead atoms. The second-order valence-electron chi connectivity index (χ2n) is 7.08. The van der Waals surface area contributed by atoms with Gasteiger partial charge in [-0.2, -0.15) is 4.98 Å². The Morgan fingerprint density at radius 1 is 1.30 bits per heavy atom. The fourth-order valence-corrected chi connectivity index (χ4v) is 2.83. The minimum absolute atomic E-state index is 0. The first-order valence-electron chi connectivity index (χ1n) is 8.94. The van der Waals surface area contributed by atoms with Gasteiger partial charge in [0, 0.05) is 31.1 Å². The Hall–Kier alpha value is -1.35. The molecule has 0 amide bonds. The predicted molar refractivity (Wildman–Crippen MR) is 121 cm³/mol. The number of aromatic nitrogens is 2. The summed E-state index contributed by atoms with van der Waals surface area (Å²) < 4.78 is 5.12. The lowest BCUT2D eigenvalue weighted by Gasteiger charge is -2.23. The molecule has 0 spiro atoms. The van der Waals surface area contributed by atoms with Crippen LogP contribution in [0.5, 0.6) is 0 Å². The summed E-state index contributed by atoms with van der Waals surface area (Å²) >= 11 is 6.09. The van der Waals surface area contributed by atoms with E-state index in [9.17, 15) is 0 Å². The lowest BCUT2D eigenvalue weighted by atomic mass is 9.86. The van der Waals surface area contributed by atoms with E-state index in [2.05, 4.69) is 47.6 Å². The number of guanidine groups is 1. The molecular weight excluding hydrogens is 477 g/mol. The molecule has 1 aromatic carbocycles. The van der Waals surface area contributed by atoms with Gasteiger partial charge in [-0.3, -0.25) is 4.99 Å². The van der Waals surface area contributed by atoms with Crippen LogP contribution in [0, 0.1) is 12.3 Å². The number of benzene rings is 1. The van der Waals surface area contributed by atoms with E-state index in [1.54, 1.807) is 0 Å². The second kappa shape index (κ2) is 11.5. The molecule has 0 fully saturated rings.